The average molecular weight is 535 g/mol. The molecule has 1 aliphatic rings. The van der Waals surface area contributed by atoms with Gasteiger partial charge in [0.1, 0.15) is 6.61 Å². The van der Waals surface area contributed by atoms with Gasteiger partial charge >= 0.3 is 5.97 Å². The summed E-state index contributed by atoms with van der Waals surface area (Å²) in [7, 11) is 0. The monoisotopic (exact) mass is 534 g/mol. The predicted molar refractivity (Wildman–Crippen MR) is 137 cm³/mol. The Labute approximate surface area is 211 Å². The molecule has 0 unspecified atom stereocenters. The van der Waals surface area contributed by atoms with E-state index >= 15 is 0 Å². The Bertz CT molecular complexity index is 1300. The number of anilines is 1. The lowest BCUT2D eigenvalue weighted by Crippen LogP contribution is -2.07. The topological polar surface area (TPSA) is 86.2 Å². The molecule has 0 aliphatic carbocycles. The van der Waals surface area contributed by atoms with Gasteiger partial charge in [-0.2, -0.15) is 0 Å². The SMILES string of the molecule is CCOc1cc(/C=C2\N=C(c3ccc(NC(C)=O)cc3)OC2=O)cc(Br)c1OCc1ccccc1. The summed E-state index contributed by atoms with van der Waals surface area (Å²) in [4.78, 5) is 28.0. The van der Waals surface area contributed by atoms with Gasteiger partial charge in [-0.15, -0.1) is 0 Å². The Balaban J connectivity index is 1.57. The van der Waals surface area contributed by atoms with E-state index in [1.807, 2.05) is 43.3 Å². The van der Waals surface area contributed by atoms with Crippen molar-refractivity contribution in [3.05, 3.63) is 93.6 Å². The Hall–Kier alpha value is -3.91. The van der Waals surface area contributed by atoms with E-state index < -0.39 is 5.97 Å². The first-order chi connectivity index (χ1) is 16.9. The third-order valence-corrected chi connectivity index (χ3v) is 5.52. The second kappa shape index (κ2) is 11.0. The van der Waals surface area contributed by atoms with E-state index in [2.05, 4.69) is 26.2 Å². The minimum Gasteiger partial charge on any atom is -0.490 e. The lowest BCUT2D eigenvalue weighted by molar-refractivity contribution is -0.129. The number of amides is 1. The number of carbonyl (C=O) groups excluding carboxylic acids is 2. The number of esters is 1. The second-order valence-electron chi connectivity index (χ2n) is 7.63. The zero-order chi connectivity index (χ0) is 24.8. The first-order valence-corrected chi connectivity index (χ1v) is 11.8. The van der Waals surface area contributed by atoms with Gasteiger partial charge in [0, 0.05) is 18.2 Å². The molecule has 0 atom stereocenters. The van der Waals surface area contributed by atoms with Crippen molar-refractivity contribution in [2.75, 3.05) is 11.9 Å². The van der Waals surface area contributed by atoms with Crippen LogP contribution in [0.1, 0.15) is 30.5 Å². The molecular weight excluding hydrogens is 512 g/mol. The zero-order valence-electron chi connectivity index (χ0n) is 19.2. The fourth-order valence-electron chi connectivity index (χ4n) is 3.39. The summed E-state index contributed by atoms with van der Waals surface area (Å²) < 4.78 is 17.9. The molecule has 0 aromatic heterocycles. The number of hydrogen-bond donors (Lipinski definition) is 1. The van der Waals surface area contributed by atoms with Crippen molar-refractivity contribution in [2.45, 2.75) is 20.5 Å². The van der Waals surface area contributed by atoms with E-state index in [1.165, 1.54) is 6.92 Å². The fraction of sp³-hybridized carbons (Fsp3) is 0.148. The molecule has 7 nitrogen and oxygen atoms in total. The number of halogens is 1. The summed E-state index contributed by atoms with van der Waals surface area (Å²) in [6.07, 6.45) is 1.63. The largest absolute Gasteiger partial charge is 0.490 e. The molecule has 1 heterocycles. The maximum atomic E-state index is 12.5. The molecule has 8 heteroatoms. The highest BCUT2D eigenvalue weighted by Gasteiger charge is 2.24. The Kier molecular flexibility index (Phi) is 7.62. The molecule has 0 saturated heterocycles. The van der Waals surface area contributed by atoms with Gasteiger partial charge in [0.15, 0.2) is 17.2 Å². The van der Waals surface area contributed by atoms with E-state index in [9.17, 15) is 9.59 Å². The van der Waals surface area contributed by atoms with Crippen LogP contribution in [0.5, 0.6) is 11.5 Å². The highest BCUT2D eigenvalue weighted by atomic mass is 79.9. The first kappa shape index (κ1) is 24.2. The summed E-state index contributed by atoms with van der Waals surface area (Å²) in [6.45, 7) is 4.17. The van der Waals surface area contributed by atoms with Crippen LogP contribution in [0.4, 0.5) is 5.69 Å². The highest BCUT2D eigenvalue weighted by Crippen LogP contribution is 2.38. The number of hydrogen-bond acceptors (Lipinski definition) is 6. The molecule has 1 N–H and O–H groups in total. The Morgan fingerprint density at radius 2 is 1.83 bits per heavy atom. The van der Waals surface area contributed by atoms with E-state index in [4.69, 9.17) is 14.2 Å². The summed E-state index contributed by atoms with van der Waals surface area (Å²) in [5.41, 5.74) is 3.17. The zero-order valence-corrected chi connectivity index (χ0v) is 20.8. The lowest BCUT2D eigenvalue weighted by atomic mass is 10.1. The Morgan fingerprint density at radius 1 is 1.09 bits per heavy atom. The molecule has 0 fully saturated rings. The molecule has 4 rings (SSSR count). The van der Waals surface area contributed by atoms with Crippen LogP contribution >= 0.6 is 15.9 Å². The third kappa shape index (κ3) is 6.16. The number of rotatable bonds is 8. The lowest BCUT2D eigenvalue weighted by Gasteiger charge is -2.15. The normalized spacial score (nSPS) is 13.9. The van der Waals surface area contributed by atoms with Crippen molar-refractivity contribution >= 4 is 45.5 Å². The molecule has 0 spiro atoms. The van der Waals surface area contributed by atoms with Crippen LogP contribution in [0.2, 0.25) is 0 Å². The maximum absolute atomic E-state index is 12.5. The van der Waals surface area contributed by atoms with E-state index in [0.717, 1.165) is 5.56 Å². The van der Waals surface area contributed by atoms with Crippen LogP contribution in [0.3, 0.4) is 0 Å². The smallest absolute Gasteiger partial charge is 0.363 e. The molecule has 1 aliphatic heterocycles. The van der Waals surface area contributed by atoms with Gasteiger partial charge in [-0.05, 0) is 76.5 Å². The molecule has 0 radical (unpaired) electrons. The second-order valence-corrected chi connectivity index (χ2v) is 8.49. The molecular formula is C27H23BrN2O5. The number of ether oxygens (including phenoxy) is 3. The van der Waals surface area contributed by atoms with Gasteiger partial charge < -0.3 is 19.5 Å². The van der Waals surface area contributed by atoms with Crippen molar-refractivity contribution in [3.63, 3.8) is 0 Å². The number of cyclic esters (lactones) is 1. The van der Waals surface area contributed by atoms with E-state index in [0.29, 0.717) is 46.0 Å². The molecule has 3 aromatic rings. The number of nitrogens with zero attached hydrogens (tertiary/aromatic N) is 1. The summed E-state index contributed by atoms with van der Waals surface area (Å²) in [5.74, 6) is 0.609. The van der Waals surface area contributed by atoms with Crippen LogP contribution in [0.25, 0.3) is 6.08 Å². The van der Waals surface area contributed by atoms with Crippen LogP contribution in [-0.4, -0.2) is 24.4 Å². The van der Waals surface area contributed by atoms with E-state index in [-0.39, 0.29) is 17.5 Å². The predicted octanol–water partition coefficient (Wildman–Crippen LogP) is 5.73. The number of aliphatic imine (C=N–C) groups is 1. The fourth-order valence-corrected chi connectivity index (χ4v) is 3.97. The van der Waals surface area contributed by atoms with Crippen molar-refractivity contribution in [1.29, 1.82) is 0 Å². The average Bonchev–Trinajstić information content (AvgIpc) is 3.19. The quantitative estimate of drug-likeness (QED) is 0.294. The Morgan fingerprint density at radius 3 is 2.51 bits per heavy atom. The van der Waals surface area contributed by atoms with Gasteiger partial charge in [0.25, 0.3) is 0 Å². The number of nitrogens with one attached hydrogen (secondary N) is 1. The molecule has 1 amide bonds. The maximum Gasteiger partial charge on any atom is 0.363 e. The minimum atomic E-state index is -0.551. The van der Waals surface area contributed by atoms with Crippen molar-refractivity contribution in [3.8, 4) is 11.5 Å². The summed E-state index contributed by atoms with van der Waals surface area (Å²) >= 11 is 3.56. The van der Waals surface area contributed by atoms with Gasteiger partial charge in [0.05, 0.1) is 11.1 Å². The van der Waals surface area contributed by atoms with Crippen molar-refractivity contribution in [2.24, 2.45) is 4.99 Å². The third-order valence-electron chi connectivity index (χ3n) is 4.93. The number of benzene rings is 3. The standard InChI is InChI=1S/C27H23BrN2O5/c1-3-33-24-15-19(13-22(28)25(24)34-16-18-7-5-4-6-8-18)14-23-27(32)35-26(30-23)20-9-11-21(12-10-20)29-17(2)31/h4-15H,3,16H2,1-2H3,(H,29,31)/b23-14-. The molecule has 0 bridgehead atoms. The van der Waals surface area contributed by atoms with Crippen LogP contribution in [-0.2, 0) is 20.9 Å². The van der Waals surface area contributed by atoms with Gasteiger partial charge in [-0.1, -0.05) is 30.3 Å². The molecule has 178 valence electrons. The van der Waals surface area contributed by atoms with Gasteiger partial charge in [-0.3, -0.25) is 4.79 Å². The first-order valence-electron chi connectivity index (χ1n) is 11.0. The van der Waals surface area contributed by atoms with Crippen LogP contribution < -0.4 is 14.8 Å². The summed E-state index contributed by atoms with van der Waals surface area (Å²) in [5, 5.41) is 2.69. The van der Waals surface area contributed by atoms with Gasteiger partial charge in [0.2, 0.25) is 11.8 Å². The van der Waals surface area contributed by atoms with Crippen molar-refractivity contribution in [1.82, 2.24) is 0 Å². The number of carbonyl (C=O) groups is 2. The van der Waals surface area contributed by atoms with Crippen molar-refractivity contribution < 1.29 is 23.8 Å². The van der Waals surface area contributed by atoms with E-state index in [1.54, 1.807) is 36.4 Å². The minimum absolute atomic E-state index is 0.165. The molecule has 0 saturated carbocycles. The molecule has 35 heavy (non-hydrogen) atoms. The highest BCUT2D eigenvalue weighted by molar-refractivity contribution is 9.10. The molecule has 3 aromatic carbocycles. The van der Waals surface area contributed by atoms with Crippen LogP contribution in [0.15, 0.2) is 81.9 Å². The van der Waals surface area contributed by atoms with Gasteiger partial charge in [-0.25, -0.2) is 9.79 Å². The van der Waals surface area contributed by atoms with Crippen LogP contribution in [0, 0.1) is 0 Å². The summed E-state index contributed by atoms with van der Waals surface area (Å²) in [6, 6.07) is 20.4.